The predicted octanol–water partition coefficient (Wildman–Crippen LogP) is 6.74. The van der Waals surface area contributed by atoms with Gasteiger partial charge in [0.2, 0.25) is 0 Å². The predicted molar refractivity (Wildman–Crippen MR) is 115 cm³/mol. The normalized spacial score (nSPS) is 10.5. The summed E-state index contributed by atoms with van der Waals surface area (Å²) in [5.74, 6) is 0.892. The van der Waals surface area contributed by atoms with E-state index in [1.165, 1.54) is 70.6 Å². The van der Waals surface area contributed by atoms with Gasteiger partial charge in [0, 0.05) is 17.9 Å². The lowest BCUT2D eigenvalue weighted by Crippen LogP contribution is -1.97. The van der Waals surface area contributed by atoms with Gasteiger partial charge in [-0.2, -0.15) is 0 Å². The zero-order valence-corrected chi connectivity index (χ0v) is 17.5. The molecule has 0 radical (unpaired) electrons. The topological polar surface area (TPSA) is 55.5 Å². The van der Waals surface area contributed by atoms with Crippen molar-refractivity contribution in [3.05, 3.63) is 24.3 Å². The van der Waals surface area contributed by atoms with Crippen molar-refractivity contribution in [1.82, 2.24) is 0 Å². The molecular weight excluding hydrogens is 322 g/mol. The van der Waals surface area contributed by atoms with Crippen LogP contribution in [0.15, 0.2) is 24.3 Å². The molecule has 0 bridgehead atoms. The van der Waals surface area contributed by atoms with Crippen molar-refractivity contribution < 1.29 is 9.84 Å². The van der Waals surface area contributed by atoms with Crippen LogP contribution < -0.4 is 10.5 Å². The molecule has 1 aromatic rings. The molecule has 152 valence electrons. The molecule has 0 saturated carbocycles. The molecule has 3 N–H and O–H groups in total. The molecule has 0 aliphatic carbocycles. The van der Waals surface area contributed by atoms with Crippen LogP contribution >= 0.6 is 0 Å². The third-order valence-corrected chi connectivity index (χ3v) is 4.12. The molecule has 0 heterocycles. The summed E-state index contributed by atoms with van der Waals surface area (Å²) in [5.41, 5.74) is 6.49. The summed E-state index contributed by atoms with van der Waals surface area (Å²) in [6.07, 6.45) is 16.3. The second-order valence-electron chi connectivity index (χ2n) is 7.40. The van der Waals surface area contributed by atoms with E-state index >= 15 is 0 Å². The smallest absolute Gasteiger partial charge is 0.121 e. The Morgan fingerprint density at radius 1 is 0.846 bits per heavy atom. The highest BCUT2D eigenvalue weighted by atomic mass is 16.5. The largest absolute Gasteiger partial charge is 0.494 e. The lowest BCUT2D eigenvalue weighted by molar-refractivity contribution is 0.216. The molecule has 0 aliphatic heterocycles. The molecule has 3 nitrogen and oxygen atoms in total. The Morgan fingerprint density at radius 2 is 1.31 bits per heavy atom. The van der Waals surface area contributed by atoms with Crippen LogP contribution in [-0.4, -0.2) is 17.8 Å². The number of nitrogen functional groups attached to an aromatic ring is 1. The Bertz CT molecular complexity index is 404. The van der Waals surface area contributed by atoms with E-state index < -0.39 is 0 Å². The molecule has 0 saturated heterocycles. The summed E-state index contributed by atoms with van der Waals surface area (Å²) < 4.78 is 5.70. The molecule has 0 amide bonds. The van der Waals surface area contributed by atoms with E-state index in [1.54, 1.807) is 13.8 Å². The van der Waals surface area contributed by atoms with Gasteiger partial charge < -0.3 is 15.6 Å². The number of nitrogens with two attached hydrogens (primary N) is 1. The minimum atomic E-state index is -0.167. The number of hydrogen-bond donors (Lipinski definition) is 2. The van der Waals surface area contributed by atoms with Gasteiger partial charge in [-0.25, -0.2) is 0 Å². The second kappa shape index (κ2) is 18.6. The van der Waals surface area contributed by atoms with E-state index in [9.17, 15) is 0 Å². The third-order valence-electron chi connectivity index (χ3n) is 4.12. The van der Waals surface area contributed by atoms with Crippen molar-refractivity contribution in [3.8, 4) is 5.75 Å². The third kappa shape index (κ3) is 19.1. The first kappa shape index (κ1) is 24.8. The van der Waals surface area contributed by atoms with Crippen LogP contribution in [0.2, 0.25) is 0 Å². The van der Waals surface area contributed by atoms with E-state index in [0.717, 1.165) is 24.5 Å². The molecule has 0 spiro atoms. The Balaban J connectivity index is 0.00000141. The van der Waals surface area contributed by atoms with Gasteiger partial charge in [-0.05, 0) is 32.4 Å². The first-order valence-corrected chi connectivity index (χ1v) is 10.7. The van der Waals surface area contributed by atoms with Gasteiger partial charge in [0.15, 0.2) is 0 Å². The minimum Gasteiger partial charge on any atom is -0.494 e. The Morgan fingerprint density at radius 3 is 1.77 bits per heavy atom. The average Bonchev–Trinajstić information content (AvgIpc) is 2.58. The van der Waals surface area contributed by atoms with E-state index in [0.29, 0.717) is 0 Å². The Labute approximate surface area is 162 Å². The van der Waals surface area contributed by atoms with Crippen LogP contribution in [0, 0.1) is 0 Å². The monoisotopic (exact) mass is 365 g/mol. The lowest BCUT2D eigenvalue weighted by atomic mass is 10.1. The quantitative estimate of drug-likeness (QED) is 0.284. The summed E-state index contributed by atoms with van der Waals surface area (Å²) in [5, 5.41) is 8.06. The maximum atomic E-state index is 8.06. The number of ether oxygens (including phenoxy) is 1. The van der Waals surface area contributed by atoms with Gasteiger partial charge >= 0.3 is 0 Å². The summed E-state index contributed by atoms with van der Waals surface area (Å²) in [7, 11) is 0. The van der Waals surface area contributed by atoms with Crippen molar-refractivity contribution in [2.45, 2.75) is 104 Å². The first-order valence-electron chi connectivity index (χ1n) is 10.7. The molecule has 0 atom stereocenters. The van der Waals surface area contributed by atoms with Gasteiger partial charge in [0.25, 0.3) is 0 Å². The molecular formula is C23H43NO2. The maximum Gasteiger partial charge on any atom is 0.121 e. The summed E-state index contributed by atoms with van der Waals surface area (Å²) in [6.45, 7) is 6.53. The van der Waals surface area contributed by atoms with Crippen LogP contribution in [-0.2, 0) is 0 Å². The second-order valence-corrected chi connectivity index (χ2v) is 7.40. The Kier molecular flexibility index (Phi) is 17.7. The SMILES string of the molecule is CC(C)O.CCCCCCCCCCCCCCOc1cccc(N)c1. The summed E-state index contributed by atoms with van der Waals surface area (Å²) >= 11 is 0. The van der Waals surface area contributed by atoms with Crippen LogP contribution in [0.5, 0.6) is 5.75 Å². The van der Waals surface area contributed by atoms with E-state index in [2.05, 4.69) is 6.92 Å². The first-order chi connectivity index (χ1) is 12.6. The van der Waals surface area contributed by atoms with Gasteiger partial charge in [0.05, 0.1) is 6.61 Å². The van der Waals surface area contributed by atoms with Gasteiger partial charge in [-0.15, -0.1) is 0 Å². The minimum absolute atomic E-state index is 0.167. The fourth-order valence-electron chi connectivity index (χ4n) is 2.74. The Hall–Kier alpha value is -1.22. The molecule has 0 fully saturated rings. The molecule has 1 rings (SSSR count). The zero-order valence-electron chi connectivity index (χ0n) is 17.5. The number of aliphatic hydroxyl groups excluding tert-OH is 1. The van der Waals surface area contributed by atoms with Gasteiger partial charge in [0.1, 0.15) is 5.75 Å². The van der Waals surface area contributed by atoms with Crippen molar-refractivity contribution in [2.75, 3.05) is 12.3 Å². The van der Waals surface area contributed by atoms with Crippen molar-refractivity contribution in [3.63, 3.8) is 0 Å². The molecule has 3 heteroatoms. The number of unbranched alkanes of at least 4 members (excludes halogenated alkanes) is 11. The highest BCUT2D eigenvalue weighted by molar-refractivity contribution is 5.43. The standard InChI is InChI=1S/C20H35NO.C3H8O/c1-2-3-4-5-6-7-8-9-10-11-12-13-17-22-20-16-14-15-19(21)18-20;1-3(2)4/h14-16,18H,2-13,17,21H2,1H3;3-4H,1-2H3. The van der Waals surface area contributed by atoms with E-state index in [-0.39, 0.29) is 6.10 Å². The van der Waals surface area contributed by atoms with Crippen molar-refractivity contribution in [2.24, 2.45) is 0 Å². The van der Waals surface area contributed by atoms with Crippen LogP contribution in [0.1, 0.15) is 97.8 Å². The van der Waals surface area contributed by atoms with Crippen molar-refractivity contribution in [1.29, 1.82) is 0 Å². The lowest BCUT2D eigenvalue weighted by Gasteiger charge is -2.06. The molecule has 26 heavy (non-hydrogen) atoms. The summed E-state index contributed by atoms with van der Waals surface area (Å²) in [4.78, 5) is 0. The molecule has 0 aromatic heterocycles. The molecule has 1 aromatic carbocycles. The number of anilines is 1. The van der Waals surface area contributed by atoms with E-state index in [4.69, 9.17) is 15.6 Å². The van der Waals surface area contributed by atoms with Crippen LogP contribution in [0.25, 0.3) is 0 Å². The number of aliphatic hydroxyl groups is 1. The highest BCUT2D eigenvalue weighted by Gasteiger charge is 1.96. The van der Waals surface area contributed by atoms with Crippen molar-refractivity contribution >= 4 is 5.69 Å². The number of benzene rings is 1. The summed E-state index contributed by atoms with van der Waals surface area (Å²) in [6, 6.07) is 7.68. The maximum absolute atomic E-state index is 8.06. The highest BCUT2D eigenvalue weighted by Crippen LogP contribution is 2.15. The number of rotatable bonds is 14. The van der Waals surface area contributed by atoms with Crippen LogP contribution in [0.4, 0.5) is 5.69 Å². The average molecular weight is 366 g/mol. The van der Waals surface area contributed by atoms with E-state index in [1.807, 2.05) is 24.3 Å². The van der Waals surface area contributed by atoms with Gasteiger partial charge in [-0.3, -0.25) is 0 Å². The van der Waals surface area contributed by atoms with Gasteiger partial charge in [-0.1, -0.05) is 83.6 Å². The zero-order chi connectivity index (χ0) is 19.5. The number of hydrogen-bond acceptors (Lipinski definition) is 3. The molecule has 0 unspecified atom stereocenters. The molecule has 0 aliphatic rings. The fraction of sp³-hybridized carbons (Fsp3) is 0.739. The fourth-order valence-corrected chi connectivity index (χ4v) is 2.74. The van der Waals surface area contributed by atoms with Crippen LogP contribution in [0.3, 0.4) is 0 Å².